The van der Waals surface area contributed by atoms with Crippen LogP contribution in [0.1, 0.15) is 5.56 Å². The van der Waals surface area contributed by atoms with Crippen LogP contribution in [0.4, 0.5) is 4.79 Å². The maximum Gasteiger partial charge on any atom is 0.392 e. The zero-order chi connectivity index (χ0) is 12.8. The van der Waals surface area contributed by atoms with Crippen LogP contribution >= 0.6 is 0 Å². The van der Waals surface area contributed by atoms with Crippen LogP contribution in [0.5, 0.6) is 0 Å². The highest BCUT2D eigenvalue weighted by molar-refractivity contribution is 8.14. The van der Waals surface area contributed by atoms with E-state index in [2.05, 4.69) is 0 Å². The van der Waals surface area contributed by atoms with E-state index in [1.54, 1.807) is 18.2 Å². The first-order chi connectivity index (χ1) is 8.61. The molecular weight excluding hydrogens is 248 g/mol. The summed E-state index contributed by atoms with van der Waals surface area (Å²) >= 11 is 0. The monoisotopic (exact) mass is 258 g/mol. The number of allylic oxidation sites excluding steroid dienone is 1. The smallest absolute Gasteiger partial charge is 0.392 e. The van der Waals surface area contributed by atoms with Gasteiger partial charge in [0.15, 0.2) is 0 Å². The molecule has 1 unspecified atom stereocenters. The van der Waals surface area contributed by atoms with Crippen LogP contribution < -0.4 is 0 Å². The molecule has 0 saturated heterocycles. The highest BCUT2D eigenvalue weighted by Gasteiger charge is 2.24. The van der Waals surface area contributed by atoms with Crippen LogP contribution in [0.3, 0.4) is 0 Å². The summed E-state index contributed by atoms with van der Waals surface area (Å²) in [4.78, 5) is 11.6. The molecule has 0 amide bonds. The van der Waals surface area contributed by atoms with E-state index < -0.39 is 14.8 Å². The normalized spacial score (nSPS) is 21.3. The fraction of sp³-hybridized carbons (Fsp3) is 0. The Morgan fingerprint density at radius 2 is 1.78 bits per heavy atom. The number of hydrogen-bond acceptors (Lipinski definition) is 2. The minimum absolute atomic E-state index is 0.385. The van der Waals surface area contributed by atoms with Crippen molar-refractivity contribution in [3.05, 3.63) is 48.0 Å². The first-order valence-corrected chi connectivity index (χ1v) is 7.05. The standard InChI is InChI=1S/C14H10O3S/c15-14(16)18(17)7-3-6-12-8-10-4-1-2-5-11(10)9-13(12)18/h1-9H,(H,15,16). The summed E-state index contributed by atoms with van der Waals surface area (Å²) in [5.74, 6) is 0. The van der Waals surface area contributed by atoms with Crippen molar-refractivity contribution >= 4 is 37.0 Å². The van der Waals surface area contributed by atoms with Crippen molar-refractivity contribution < 1.29 is 14.1 Å². The maximum atomic E-state index is 12.5. The topological polar surface area (TPSA) is 54.4 Å². The summed E-state index contributed by atoms with van der Waals surface area (Å²) in [7, 11) is -3.15. The zero-order valence-electron chi connectivity index (χ0n) is 9.37. The van der Waals surface area contributed by atoms with Gasteiger partial charge in [-0.25, -0.2) is 4.79 Å². The molecule has 1 atom stereocenters. The van der Waals surface area contributed by atoms with Gasteiger partial charge in [-0.1, -0.05) is 36.4 Å². The molecule has 0 aliphatic carbocycles. The average molecular weight is 258 g/mol. The predicted molar refractivity (Wildman–Crippen MR) is 73.5 cm³/mol. The van der Waals surface area contributed by atoms with Crippen LogP contribution in [-0.2, 0) is 9.52 Å². The summed E-state index contributed by atoms with van der Waals surface area (Å²) in [6.07, 6.45) is 3.33. The number of fused-ring (bicyclic) bond motifs is 2. The van der Waals surface area contributed by atoms with Crippen molar-refractivity contribution in [1.82, 2.24) is 0 Å². The average Bonchev–Trinajstić information content (AvgIpc) is 2.37. The lowest BCUT2D eigenvalue weighted by atomic mass is 10.1. The van der Waals surface area contributed by atoms with Gasteiger partial charge in [0.2, 0.25) is 0 Å². The van der Waals surface area contributed by atoms with Crippen molar-refractivity contribution in [3.8, 4) is 0 Å². The second-order valence-electron chi connectivity index (χ2n) is 4.10. The fourth-order valence-electron chi connectivity index (χ4n) is 2.11. The van der Waals surface area contributed by atoms with Gasteiger partial charge in [0.1, 0.15) is 9.52 Å². The van der Waals surface area contributed by atoms with Crippen molar-refractivity contribution in [3.63, 3.8) is 0 Å². The van der Waals surface area contributed by atoms with Gasteiger partial charge in [0, 0.05) is 10.3 Å². The summed E-state index contributed by atoms with van der Waals surface area (Å²) in [6.45, 7) is 0. The summed E-state index contributed by atoms with van der Waals surface area (Å²) < 4.78 is 12.5. The third-order valence-corrected chi connectivity index (χ3v) is 5.08. The predicted octanol–water partition coefficient (Wildman–Crippen LogP) is 2.99. The molecule has 1 aliphatic rings. The van der Waals surface area contributed by atoms with Crippen molar-refractivity contribution in [2.45, 2.75) is 4.90 Å². The van der Waals surface area contributed by atoms with Crippen LogP contribution in [0.15, 0.2) is 47.4 Å². The molecule has 0 bridgehead atoms. The van der Waals surface area contributed by atoms with Crippen molar-refractivity contribution in [2.24, 2.45) is 0 Å². The third kappa shape index (κ3) is 1.46. The Kier molecular flexibility index (Phi) is 2.28. The number of rotatable bonds is 0. The van der Waals surface area contributed by atoms with E-state index in [1.807, 2.05) is 30.3 Å². The Balaban J connectivity index is 2.43. The summed E-state index contributed by atoms with van der Waals surface area (Å²) in [5.41, 5.74) is 0.712. The van der Waals surface area contributed by atoms with E-state index in [9.17, 15) is 14.1 Å². The second kappa shape index (κ2) is 3.71. The molecule has 2 aromatic rings. The molecule has 18 heavy (non-hydrogen) atoms. The SMILES string of the molecule is O=C(O)S1(=O)=CC=Cc2cc3ccccc3cc21. The van der Waals surface area contributed by atoms with Gasteiger partial charge in [-0.15, -0.1) is 0 Å². The van der Waals surface area contributed by atoms with Crippen LogP contribution in [0.2, 0.25) is 0 Å². The van der Waals surface area contributed by atoms with Gasteiger partial charge in [0.25, 0.3) is 0 Å². The summed E-state index contributed by atoms with van der Waals surface area (Å²) in [5, 5.41) is 11.1. The van der Waals surface area contributed by atoms with Gasteiger partial charge < -0.3 is 5.11 Å². The Hall–Kier alpha value is -2.07. The molecule has 1 N–H and O–H groups in total. The minimum Gasteiger partial charge on any atom is -0.472 e. The molecule has 0 fully saturated rings. The van der Waals surface area contributed by atoms with Crippen LogP contribution in [-0.4, -0.2) is 20.0 Å². The van der Waals surface area contributed by atoms with E-state index in [0.717, 1.165) is 10.8 Å². The number of hydrogen-bond donors (Lipinski definition) is 1. The summed E-state index contributed by atoms with van der Waals surface area (Å²) in [6, 6.07) is 11.2. The second-order valence-corrected chi connectivity index (χ2v) is 6.36. The molecular formula is C14H10O3S. The Bertz CT molecular complexity index is 809. The molecule has 2 aromatic carbocycles. The minimum atomic E-state index is -3.15. The van der Waals surface area contributed by atoms with Gasteiger partial charge in [-0.3, -0.25) is 4.21 Å². The van der Waals surface area contributed by atoms with E-state index in [0.29, 0.717) is 10.5 Å². The van der Waals surface area contributed by atoms with Crippen LogP contribution in [0.25, 0.3) is 16.8 Å². The largest absolute Gasteiger partial charge is 0.472 e. The molecule has 0 spiro atoms. The van der Waals surface area contributed by atoms with Crippen molar-refractivity contribution in [2.75, 3.05) is 0 Å². The molecule has 0 radical (unpaired) electrons. The van der Waals surface area contributed by atoms with Gasteiger partial charge in [-0.05, 0) is 28.5 Å². The first kappa shape index (κ1) is 11.0. The molecule has 90 valence electrons. The molecule has 0 saturated carbocycles. The lowest BCUT2D eigenvalue weighted by Gasteiger charge is -2.14. The molecule has 3 nitrogen and oxygen atoms in total. The Morgan fingerprint density at radius 3 is 2.44 bits per heavy atom. The first-order valence-electron chi connectivity index (χ1n) is 5.43. The fourth-order valence-corrected chi connectivity index (χ4v) is 3.64. The molecule has 1 heterocycles. The number of carboxylic acid groups (broad SMARTS) is 1. The van der Waals surface area contributed by atoms with Gasteiger partial charge in [-0.2, -0.15) is 0 Å². The molecule has 4 heteroatoms. The number of carbonyl (C=O) groups is 1. The lowest BCUT2D eigenvalue weighted by molar-refractivity contribution is 0.220. The van der Waals surface area contributed by atoms with Crippen molar-refractivity contribution in [1.29, 1.82) is 0 Å². The highest BCUT2D eigenvalue weighted by Crippen LogP contribution is 2.28. The molecule has 1 aliphatic heterocycles. The quantitative estimate of drug-likeness (QED) is 0.739. The highest BCUT2D eigenvalue weighted by atomic mass is 32.2. The third-order valence-electron chi connectivity index (χ3n) is 3.01. The van der Waals surface area contributed by atoms with E-state index in [-0.39, 0.29) is 0 Å². The van der Waals surface area contributed by atoms with E-state index >= 15 is 0 Å². The van der Waals surface area contributed by atoms with E-state index in [1.165, 1.54) is 5.37 Å². The van der Waals surface area contributed by atoms with Gasteiger partial charge >= 0.3 is 5.30 Å². The Labute approximate surface area is 104 Å². The molecule has 0 aromatic heterocycles. The van der Waals surface area contributed by atoms with Crippen LogP contribution in [0, 0.1) is 0 Å². The van der Waals surface area contributed by atoms with Gasteiger partial charge in [0.05, 0.1) is 0 Å². The molecule has 3 rings (SSSR count). The van der Waals surface area contributed by atoms with E-state index in [4.69, 9.17) is 0 Å². The maximum absolute atomic E-state index is 12.5. The lowest BCUT2D eigenvalue weighted by Crippen LogP contribution is -2.17. The Morgan fingerprint density at radius 1 is 1.11 bits per heavy atom. The number of benzene rings is 2. The zero-order valence-corrected chi connectivity index (χ0v) is 10.2.